The van der Waals surface area contributed by atoms with Crippen molar-refractivity contribution in [2.24, 2.45) is 5.92 Å². The van der Waals surface area contributed by atoms with Gasteiger partial charge in [0.15, 0.2) is 0 Å². The minimum Gasteiger partial charge on any atom is -0.481 e. The highest BCUT2D eigenvalue weighted by atomic mass is 16.4. The number of carbonyl (C=O) groups is 2. The maximum Gasteiger partial charge on any atom is 0.317 e. The van der Waals surface area contributed by atoms with Gasteiger partial charge in [0.1, 0.15) is 0 Å². The summed E-state index contributed by atoms with van der Waals surface area (Å²) in [5.74, 6) is -1.32. The number of rotatable bonds is 5. The van der Waals surface area contributed by atoms with E-state index < -0.39 is 11.9 Å². The Balaban J connectivity index is 2.33. The molecule has 2 amide bonds. The summed E-state index contributed by atoms with van der Waals surface area (Å²) < 4.78 is 0. The number of urea groups is 1. The molecule has 6 heteroatoms. The summed E-state index contributed by atoms with van der Waals surface area (Å²) in [6.45, 7) is 5.30. The molecule has 0 aromatic carbocycles. The van der Waals surface area contributed by atoms with E-state index in [0.717, 1.165) is 19.5 Å². The van der Waals surface area contributed by atoms with Crippen LogP contribution in [0.4, 0.5) is 4.79 Å². The van der Waals surface area contributed by atoms with Gasteiger partial charge < -0.3 is 20.2 Å². The number of likely N-dealkylation sites (N-methyl/N-ethyl adjacent to an activating group) is 1. The number of carboxylic acid groups (broad SMARTS) is 1. The van der Waals surface area contributed by atoms with Crippen molar-refractivity contribution in [2.45, 2.75) is 19.8 Å². The molecule has 6 nitrogen and oxygen atoms in total. The summed E-state index contributed by atoms with van der Waals surface area (Å²) >= 11 is 0. The number of carboxylic acids is 1. The van der Waals surface area contributed by atoms with Gasteiger partial charge in [-0.3, -0.25) is 4.79 Å². The van der Waals surface area contributed by atoms with Crippen molar-refractivity contribution in [3.05, 3.63) is 0 Å². The second-order valence-corrected chi connectivity index (χ2v) is 4.80. The molecular formula is C12H23N3O3. The van der Waals surface area contributed by atoms with Crippen molar-refractivity contribution in [3.63, 3.8) is 0 Å². The average Bonchev–Trinajstić information content (AvgIpc) is 2.34. The molecule has 1 rings (SSSR count). The highest BCUT2D eigenvalue weighted by molar-refractivity contribution is 5.76. The predicted molar refractivity (Wildman–Crippen MR) is 68.5 cm³/mol. The molecule has 0 aliphatic carbocycles. The third kappa shape index (κ3) is 4.52. The first-order valence-electron chi connectivity index (χ1n) is 6.48. The van der Waals surface area contributed by atoms with E-state index in [1.165, 1.54) is 0 Å². The fourth-order valence-electron chi connectivity index (χ4n) is 1.99. The zero-order valence-electron chi connectivity index (χ0n) is 11.2. The van der Waals surface area contributed by atoms with E-state index in [1.54, 1.807) is 4.90 Å². The number of hydrogen-bond acceptors (Lipinski definition) is 3. The van der Waals surface area contributed by atoms with E-state index in [4.69, 9.17) is 5.11 Å². The molecule has 2 N–H and O–H groups in total. The Morgan fingerprint density at radius 2 is 1.89 bits per heavy atom. The van der Waals surface area contributed by atoms with Gasteiger partial charge in [0, 0.05) is 32.7 Å². The van der Waals surface area contributed by atoms with E-state index in [0.29, 0.717) is 19.5 Å². The normalized spacial score (nSPS) is 18.4. The van der Waals surface area contributed by atoms with Crippen molar-refractivity contribution in [3.8, 4) is 0 Å². The monoisotopic (exact) mass is 257 g/mol. The summed E-state index contributed by atoms with van der Waals surface area (Å²) in [6, 6.07) is -0.148. The van der Waals surface area contributed by atoms with Crippen LogP contribution in [-0.4, -0.2) is 66.7 Å². The van der Waals surface area contributed by atoms with Crippen molar-refractivity contribution in [1.82, 2.24) is 15.1 Å². The molecule has 1 unspecified atom stereocenters. The molecule has 1 aliphatic heterocycles. The zero-order valence-corrected chi connectivity index (χ0v) is 11.2. The van der Waals surface area contributed by atoms with Gasteiger partial charge in [-0.1, -0.05) is 13.3 Å². The van der Waals surface area contributed by atoms with E-state index >= 15 is 0 Å². The zero-order chi connectivity index (χ0) is 13.5. The number of amides is 2. The summed E-state index contributed by atoms with van der Waals surface area (Å²) in [7, 11) is 2.02. The molecule has 0 aromatic rings. The van der Waals surface area contributed by atoms with Crippen LogP contribution in [0.3, 0.4) is 0 Å². The van der Waals surface area contributed by atoms with Crippen LogP contribution >= 0.6 is 0 Å². The first-order chi connectivity index (χ1) is 8.54. The number of piperazine rings is 1. The standard InChI is InChI=1S/C12H23N3O3/c1-3-4-10(11(16)17)9-13-12(18)15-7-5-14(2)6-8-15/h10H,3-9H2,1-2H3,(H,13,18)(H,16,17). The molecule has 0 bridgehead atoms. The number of carbonyl (C=O) groups excluding carboxylic acids is 1. The largest absolute Gasteiger partial charge is 0.481 e. The highest BCUT2D eigenvalue weighted by Gasteiger charge is 2.21. The number of hydrogen-bond donors (Lipinski definition) is 2. The second-order valence-electron chi connectivity index (χ2n) is 4.80. The Morgan fingerprint density at radius 3 is 2.39 bits per heavy atom. The molecular weight excluding hydrogens is 234 g/mol. The molecule has 1 heterocycles. The molecule has 1 aliphatic rings. The van der Waals surface area contributed by atoms with Gasteiger partial charge in [0.05, 0.1) is 5.92 Å². The fourth-order valence-corrected chi connectivity index (χ4v) is 1.99. The summed E-state index contributed by atoms with van der Waals surface area (Å²) in [6.07, 6.45) is 1.40. The van der Waals surface area contributed by atoms with Gasteiger partial charge in [-0.2, -0.15) is 0 Å². The lowest BCUT2D eigenvalue weighted by Gasteiger charge is -2.32. The van der Waals surface area contributed by atoms with Gasteiger partial charge in [-0.15, -0.1) is 0 Å². The van der Waals surface area contributed by atoms with Crippen LogP contribution in [0.1, 0.15) is 19.8 Å². The lowest BCUT2D eigenvalue weighted by Crippen LogP contribution is -2.51. The predicted octanol–water partition coefficient (Wildman–Crippen LogP) is 0.444. The summed E-state index contributed by atoms with van der Waals surface area (Å²) in [5, 5.41) is 11.7. The van der Waals surface area contributed by atoms with Crippen LogP contribution in [-0.2, 0) is 4.79 Å². The maximum absolute atomic E-state index is 11.8. The first kappa shape index (κ1) is 14.8. The van der Waals surface area contributed by atoms with Crippen LogP contribution in [0.15, 0.2) is 0 Å². The number of aliphatic carboxylic acids is 1. The molecule has 1 fully saturated rings. The quantitative estimate of drug-likeness (QED) is 0.750. The van der Waals surface area contributed by atoms with E-state index in [2.05, 4.69) is 10.2 Å². The van der Waals surface area contributed by atoms with Gasteiger partial charge in [-0.25, -0.2) is 4.79 Å². The average molecular weight is 257 g/mol. The van der Waals surface area contributed by atoms with Gasteiger partial charge in [-0.05, 0) is 13.5 Å². The van der Waals surface area contributed by atoms with Crippen LogP contribution in [0.5, 0.6) is 0 Å². The Hall–Kier alpha value is -1.30. The van der Waals surface area contributed by atoms with E-state index in [9.17, 15) is 9.59 Å². The topological polar surface area (TPSA) is 72.9 Å². The van der Waals surface area contributed by atoms with E-state index in [-0.39, 0.29) is 12.6 Å². The second kappa shape index (κ2) is 7.20. The smallest absolute Gasteiger partial charge is 0.317 e. The van der Waals surface area contributed by atoms with E-state index in [1.807, 2.05) is 14.0 Å². The Labute approximate surface area is 108 Å². The third-order valence-electron chi connectivity index (χ3n) is 3.28. The number of nitrogens with zero attached hydrogens (tertiary/aromatic N) is 2. The maximum atomic E-state index is 11.8. The Kier molecular flexibility index (Phi) is 5.91. The Morgan fingerprint density at radius 1 is 1.28 bits per heavy atom. The molecule has 18 heavy (non-hydrogen) atoms. The molecule has 0 radical (unpaired) electrons. The fraction of sp³-hybridized carbons (Fsp3) is 0.833. The van der Waals surface area contributed by atoms with Crippen molar-refractivity contribution in [1.29, 1.82) is 0 Å². The SMILES string of the molecule is CCCC(CNC(=O)N1CCN(C)CC1)C(=O)O. The highest BCUT2D eigenvalue weighted by Crippen LogP contribution is 2.06. The van der Waals surface area contributed by atoms with Gasteiger partial charge >= 0.3 is 12.0 Å². The van der Waals surface area contributed by atoms with Crippen LogP contribution in [0, 0.1) is 5.92 Å². The summed E-state index contributed by atoms with van der Waals surface area (Å²) in [5.41, 5.74) is 0. The molecule has 1 saturated heterocycles. The lowest BCUT2D eigenvalue weighted by atomic mass is 10.0. The molecule has 104 valence electrons. The van der Waals surface area contributed by atoms with Gasteiger partial charge in [0.25, 0.3) is 0 Å². The van der Waals surface area contributed by atoms with Crippen molar-refractivity contribution in [2.75, 3.05) is 39.8 Å². The van der Waals surface area contributed by atoms with Crippen molar-refractivity contribution >= 4 is 12.0 Å². The summed E-state index contributed by atoms with van der Waals surface area (Å²) in [4.78, 5) is 26.7. The van der Waals surface area contributed by atoms with Crippen LogP contribution < -0.4 is 5.32 Å². The minimum atomic E-state index is -0.837. The molecule has 1 atom stereocenters. The first-order valence-corrected chi connectivity index (χ1v) is 6.48. The van der Waals surface area contributed by atoms with Crippen LogP contribution in [0.25, 0.3) is 0 Å². The van der Waals surface area contributed by atoms with Crippen molar-refractivity contribution < 1.29 is 14.7 Å². The van der Waals surface area contributed by atoms with Gasteiger partial charge in [0.2, 0.25) is 0 Å². The Bertz CT molecular complexity index is 288. The molecule has 0 aromatic heterocycles. The van der Waals surface area contributed by atoms with Crippen LogP contribution in [0.2, 0.25) is 0 Å². The molecule has 0 spiro atoms. The number of nitrogens with one attached hydrogen (secondary N) is 1. The minimum absolute atomic E-state index is 0.148. The third-order valence-corrected chi connectivity index (χ3v) is 3.28. The lowest BCUT2D eigenvalue weighted by molar-refractivity contribution is -0.141. The molecule has 0 saturated carbocycles.